The van der Waals surface area contributed by atoms with E-state index in [-0.39, 0.29) is 0 Å². The molecule has 0 aromatic carbocycles. The standard InChI is InChI=1S/C11H18ClN3O/c1-3-16-7-6-15(2)11-10(12)9(8-13)4-5-14-11/h4-5H,3,6-8,13H2,1-2H3. The van der Waals surface area contributed by atoms with Crippen LogP contribution in [0, 0.1) is 0 Å². The van der Waals surface area contributed by atoms with Gasteiger partial charge in [0, 0.05) is 32.9 Å². The van der Waals surface area contributed by atoms with Crippen LogP contribution in [0.2, 0.25) is 5.02 Å². The fourth-order valence-corrected chi connectivity index (χ4v) is 1.68. The largest absolute Gasteiger partial charge is 0.380 e. The predicted octanol–water partition coefficient (Wildman–Crippen LogP) is 1.67. The summed E-state index contributed by atoms with van der Waals surface area (Å²) in [5.74, 6) is 0.754. The summed E-state index contributed by atoms with van der Waals surface area (Å²) in [5.41, 5.74) is 6.50. The van der Waals surface area contributed by atoms with Gasteiger partial charge in [-0.2, -0.15) is 0 Å². The molecule has 1 heterocycles. The molecule has 0 radical (unpaired) electrons. The van der Waals surface area contributed by atoms with E-state index in [2.05, 4.69) is 4.98 Å². The summed E-state index contributed by atoms with van der Waals surface area (Å²) in [7, 11) is 1.94. The van der Waals surface area contributed by atoms with Crippen LogP contribution in [0.15, 0.2) is 12.3 Å². The number of likely N-dealkylation sites (N-methyl/N-ethyl adjacent to an activating group) is 1. The number of halogens is 1. The predicted molar refractivity (Wildman–Crippen MR) is 66.9 cm³/mol. The van der Waals surface area contributed by atoms with Crippen LogP contribution < -0.4 is 10.6 Å². The molecule has 0 unspecified atom stereocenters. The summed E-state index contributed by atoms with van der Waals surface area (Å²) in [6, 6.07) is 1.84. The van der Waals surface area contributed by atoms with Crippen LogP contribution in [0.3, 0.4) is 0 Å². The van der Waals surface area contributed by atoms with Gasteiger partial charge in [-0.3, -0.25) is 0 Å². The number of hydrogen-bond acceptors (Lipinski definition) is 4. The Morgan fingerprint density at radius 3 is 2.94 bits per heavy atom. The van der Waals surface area contributed by atoms with E-state index >= 15 is 0 Å². The lowest BCUT2D eigenvalue weighted by Crippen LogP contribution is -2.24. The van der Waals surface area contributed by atoms with Crippen LogP contribution in [0.1, 0.15) is 12.5 Å². The molecule has 0 spiro atoms. The van der Waals surface area contributed by atoms with Gasteiger partial charge in [0.1, 0.15) is 5.82 Å². The van der Waals surface area contributed by atoms with Crippen molar-refractivity contribution in [3.05, 3.63) is 22.8 Å². The van der Waals surface area contributed by atoms with Crippen LogP contribution in [-0.2, 0) is 11.3 Å². The number of pyridine rings is 1. The molecule has 0 fully saturated rings. The van der Waals surface area contributed by atoms with Crippen LogP contribution >= 0.6 is 11.6 Å². The third kappa shape index (κ3) is 3.33. The van der Waals surface area contributed by atoms with E-state index < -0.39 is 0 Å². The van der Waals surface area contributed by atoms with Crippen LogP contribution in [0.4, 0.5) is 5.82 Å². The molecule has 16 heavy (non-hydrogen) atoms. The van der Waals surface area contributed by atoms with Crippen molar-refractivity contribution < 1.29 is 4.74 Å². The molecule has 90 valence electrons. The van der Waals surface area contributed by atoms with Crippen LogP contribution in [0.5, 0.6) is 0 Å². The Labute approximate surface area is 101 Å². The maximum Gasteiger partial charge on any atom is 0.147 e. The van der Waals surface area contributed by atoms with E-state index in [1.807, 2.05) is 24.9 Å². The maximum atomic E-state index is 6.19. The highest BCUT2D eigenvalue weighted by atomic mass is 35.5. The lowest BCUT2D eigenvalue weighted by atomic mass is 10.2. The molecule has 1 aromatic heterocycles. The minimum atomic E-state index is 0.424. The van der Waals surface area contributed by atoms with Crippen LogP contribution in [-0.4, -0.2) is 31.8 Å². The molecule has 0 aliphatic heterocycles. The molecule has 4 nitrogen and oxygen atoms in total. The van der Waals surface area contributed by atoms with Crippen molar-refractivity contribution in [2.75, 3.05) is 31.7 Å². The molecule has 0 atom stereocenters. The number of nitrogens with zero attached hydrogens (tertiary/aromatic N) is 2. The summed E-state index contributed by atoms with van der Waals surface area (Å²) < 4.78 is 5.28. The Bertz CT molecular complexity index is 333. The number of rotatable bonds is 6. The van der Waals surface area contributed by atoms with E-state index in [4.69, 9.17) is 22.1 Å². The van der Waals surface area contributed by atoms with Crippen molar-refractivity contribution in [3.63, 3.8) is 0 Å². The number of hydrogen-bond donors (Lipinski definition) is 1. The zero-order valence-corrected chi connectivity index (χ0v) is 10.5. The van der Waals surface area contributed by atoms with Crippen molar-refractivity contribution >= 4 is 17.4 Å². The van der Waals surface area contributed by atoms with E-state index in [0.29, 0.717) is 18.2 Å². The Hall–Kier alpha value is -0.840. The van der Waals surface area contributed by atoms with Gasteiger partial charge in [-0.05, 0) is 18.6 Å². The molecule has 0 aliphatic carbocycles. The molecule has 0 amide bonds. The normalized spacial score (nSPS) is 10.5. The van der Waals surface area contributed by atoms with Crippen molar-refractivity contribution in [1.29, 1.82) is 0 Å². The second-order valence-electron chi connectivity index (χ2n) is 3.43. The van der Waals surface area contributed by atoms with Gasteiger partial charge in [0.15, 0.2) is 0 Å². The topological polar surface area (TPSA) is 51.4 Å². The molecule has 0 bridgehead atoms. The molecule has 0 saturated carbocycles. The lowest BCUT2D eigenvalue weighted by molar-refractivity contribution is 0.154. The van der Waals surface area contributed by atoms with Gasteiger partial charge in [0.2, 0.25) is 0 Å². The molecule has 5 heteroatoms. The third-order valence-electron chi connectivity index (χ3n) is 2.31. The summed E-state index contributed by atoms with van der Waals surface area (Å²) in [5, 5.41) is 0.629. The van der Waals surface area contributed by atoms with Gasteiger partial charge in [-0.1, -0.05) is 11.6 Å². The summed E-state index contributed by atoms with van der Waals surface area (Å²) in [6.45, 7) is 4.54. The molecular weight excluding hydrogens is 226 g/mol. The molecule has 0 aliphatic rings. The highest BCUT2D eigenvalue weighted by molar-refractivity contribution is 6.33. The van der Waals surface area contributed by atoms with Gasteiger partial charge in [-0.25, -0.2) is 4.98 Å². The Morgan fingerprint density at radius 2 is 2.31 bits per heavy atom. The Kier molecular flexibility index (Phi) is 5.52. The fourth-order valence-electron chi connectivity index (χ4n) is 1.35. The Balaban J connectivity index is 2.71. The van der Waals surface area contributed by atoms with E-state index in [0.717, 1.165) is 24.5 Å². The van der Waals surface area contributed by atoms with E-state index in [1.165, 1.54) is 0 Å². The Morgan fingerprint density at radius 1 is 1.56 bits per heavy atom. The molecule has 1 rings (SSSR count). The zero-order valence-electron chi connectivity index (χ0n) is 9.74. The van der Waals surface area contributed by atoms with Crippen molar-refractivity contribution in [2.45, 2.75) is 13.5 Å². The van der Waals surface area contributed by atoms with Crippen molar-refractivity contribution in [2.24, 2.45) is 5.73 Å². The van der Waals surface area contributed by atoms with Gasteiger partial charge in [-0.15, -0.1) is 0 Å². The van der Waals surface area contributed by atoms with E-state index in [1.54, 1.807) is 6.20 Å². The average molecular weight is 244 g/mol. The molecule has 2 N–H and O–H groups in total. The van der Waals surface area contributed by atoms with E-state index in [9.17, 15) is 0 Å². The average Bonchev–Trinajstić information content (AvgIpc) is 2.29. The number of anilines is 1. The fraction of sp³-hybridized carbons (Fsp3) is 0.545. The summed E-state index contributed by atoms with van der Waals surface area (Å²) >= 11 is 6.19. The number of nitrogens with two attached hydrogens (primary N) is 1. The SMILES string of the molecule is CCOCCN(C)c1nccc(CN)c1Cl. The van der Waals surface area contributed by atoms with Gasteiger partial charge in [0.05, 0.1) is 11.6 Å². The lowest BCUT2D eigenvalue weighted by Gasteiger charge is -2.20. The second kappa shape index (κ2) is 6.68. The first-order valence-electron chi connectivity index (χ1n) is 5.33. The van der Waals surface area contributed by atoms with Crippen molar-refractivity contribution in [1.82, 2.24) is 4.98 Å². The quantitative estimate of drug-likeness (QED) is 0.773. The number of ether oxygens (including phenoxy) is 1. The highest BCUT2D eigenvalue weighted by Gasteiger charge is 2.10. The van der Waals surface area contributed by atoms with Crippen molar-refractivity contribution in [3.8, 4) is 0 Å². The minimum absolute atomic E-state index is 0.424. The first kappa shape index (κ1) is 13.2. The number of aromatic nitrogens is 1. The zero-order chi connectivity index (χ0) is 12.0. The molecular formula is C11H18ClN3O. The monoisotopic (exact) mass is 243 g/mol. The van der Waals surface area contributed by atoms with Gasteiger partial charge in [0.25, 0.3) is 0 Å². The summed E-state index contributed by atoms with van der Waals surface area (Å²) in [4.78, 5) is 6.22. The smallest absolute Gasteiger partial charge is 0.147 e. The van der Waals surface area contributed by atoms with Crippen LogP contribution in [0.25, 0.3) is 0 Å². The molecule has 1 aromatic rings. The molecule has 0 saturated heterocycles. The second-order valence-corrected chi connectivity index (χ2v) is 3.81. The first-order chi connectivity index (χ1) is 7.70. The summed E-state index contributed by atoms with van der Waals surface area (Å²) in [6.07, 6.45) is 1.72. The van der Waals surface area contributed by atoms with Gasteiger partial charge < -0.3 is 15.4 Å². The maximum absolute atomic E-state index is 6.19. The highest BCUT2D eigenvalue weighted by Crippen LogP contribution is 2.25. The van der Waals surface area contributed by atoms with Gasteiger partial charge >= 0.3 is 0 Å². The minimum Gasteiger partial charge on any atom is -0.380 e. The first-order valence-corrected chi connectivity index (χ1v) is 5.70. The third-order valence-corrected chi connectivity index (χ3v) is 2.72.